The highest BCUT2D eigenvalue weighted by molar-refractivity contribution is 9.10. The summed E-state index contributed by atoms with van der Waals surface area (Å²) in [5.41, 5.74) is 0. The van der Waals surface area contributed by atoms with Gasteiger partial charge in [-0.2, -0.15) is 0 Å². The minimum Gasteiger partial charge on any atom is -0.395 e. The molecule has 1 aromatic carbocycles. The van der Waals surface area contributed by atoms with Crippen molar-refractivity contribution in [2.75, 3.05) is 19.7 Å². The lowest BCUT2D eigenvalue weighted by atomic mass is 10.2. The molecule has 1 N–H and O–H groups in total. The molecular weight excluding hydrogens is 298 g/mol. The van der Waals surface area contributed by atoms with E-state index in [0.29, 0.717) is 0 Å². The summed E-state index contributed by atoms with van der Waals surface area (Å²) in [5, 5.41) is 10.3. The Bertz CT molecular complexity index is 497. The molecule has 0 fully saturated rings. The summed E-state index contributed by atoms with van der Waals surface area (Å²) < 4.78 is 2.44. The molecule has 0 aliphatic rings. The fourth-order valence-corrected chi connectivity index (χ4v) is 3.32. The van der Waals surface area contributed by atoms with Crippen molar-refractivity contribution in [3.05, 3.63) is 33.6 Å². The average molecular weight is 314 g/mol. The second kappa shape index (κ2) is 5.96. The van der Waals surface area contributed by atoms with Crippen LogP contribution < -0.4 is 0 Å². The van der Waals surface area contributed by atoms with E-state index in [0.717, 1.165) is 24.1 Å². The van der Waals surface area contributed by atoms with E-state index in [1.165, 1.54) is 15.0 Å². The zero-order valence-electron chi connectivity index (χ0n) is 9.82. The molecule has 0 amide bonds. The maximum absolute atomic E-state index is 8.98. The second-order valence-corrected chi connectivity index (χ2v) is 6.07. The predicted octanol–water partition coefficient (Wildman–Crippen LogP) is 3.48. The summed E-state index contributed by atoms with van der Waals surface area (Å²) in [7, 11) is 0. The van der Waals surface area contributed by atoms with Crippen molar-refractivity contribution in [3.8, 4) is 0 Å². The van der Waals surface area contributed by atoms with E-state index < -0.39 is 0 Å². The highest BCUT2D eigenvalue weighted by atomic mass is 79.9. The number of fused-ring (bicyclic) bond motifs is 1. The Morgan fingerprint density at radius 3 is 2.88 bits per heavy atom. The van der Waals surface area contributed by atoms with Crippen LogP contribution in [0.5, 0.6) is 0 Å². The first kappa shape index (κ1) is 13.0. The van der Waals surface area contributed by atoms with Gasteiger partial charge in [-0.05, 0) is 36.2 Å². The van der Waals surface area contributed by atoms with Crippen molar-refractivity contribution < 1.29 is 5.11 Å². The standard InChI is InChI=1S/C13H16BrNOS/c1-2-15(5-6-16)9-12-8-10-7-11(14)3-4-13(10)17-12/h3-4,7-8,16H,2,5-6,9H2,1H3. The number of halogens is 1. The maximum atomic E-state index is 8.98. The molecule has 2 nitrogen and oxygen atoms in total. The molecule has 0 atom stereocenters. The third-order valence-electron chi connectivity index (χ3n) is 2.77. The molecule has 0 unspecified atom stereocenters. The van der Waals surface area contributed by atoms with Gasteiger partial charge in [0.25, 0.3) is 0 Å². The number of rotatable bonds is 5. The van der Waals surface area contributed by atoms with Gasteiger partial charge in [0, 0.05) is 27.1 Å². The lowest BCUT2D eigenvalue weighted by molar-refractivity contribution is 0.198. The van der Waals surface area contributed by atoms with Gasteiger partial charge in [-0.25, -0.2) is 0 Å². The van der Waals surface area contributed by atoms with Crippen LogP contribution in [0.25, 0.3) is 10.1 Å². The van der Waals surface area contributed by atoms with Crippen molar-refractivity contribution in [1.29, 1.82) is 0 Å². The fraction of sp³-hybridized carbons (Fsp3) is 0.385. The minimum atomic E-state index is 0.226. The normalized spacial score (nSPS) is 11.5. The summed E-state index contributed by atoms with van der Waals surface area (Å²) in [6, 6.07) is 8.62. The number of aliphatic hydroxyl groups is 1. The SMILES string of the molecule is CCN(CCO)Cc1cc2cc(Br)ccc2s1. The molecule has 0 aliphatic carbocycles. The van der Waals surface area contributed by atoms with Crippen molar-refractivity contribution >= 4 is 37.4 Å². The van der Waals surface area contributed by atoms with E-state index >= 15 is 0 Å². The molecule has 4 heteroatoms. The van der Waals surface area contributed by atoms with E-state index in [9.17, 15) is 0 Å². The Morgan fingerprint density at radius 2 is 2.18 bits per heavy atom. The van der Waals surface area contributed by atoms with Crippen LogP contribution in [0.4, 0.5) is 0 Å². The fourth-order valence-electron chi connectivity index (χ4n) is 1.86. The van der Waals surface area contributed by atoms with E-state index in [1.54, 1.807) is 0 Å². The van der Waals surface area contributed by atoms with Gasteiger partial charge in [0.1, 0.15) is 0 Å². The summed E-state index contributed by atoms with van der Waals surface area (Å²) >= 11 is 5.32. The molecule has 2 rings (SSSR count). The summed E-state index contributed by atoms with van der Waals surface area (Å²) in [6.07, 6.45) is 0. The average Bonchev–Trinajstić information content (AvgIpc) is 2.69. The molecule has 0 saturated carbocycles. The summed E-state index contributed by atoms with van der Waals surface area (Å²) in [6.45, 7) is 4.99. The molecule has 1 heterocycles. The van der Waals surface area contributed by atoms with Crippen LogP contribution in [0.15, 0.2) is 28.7 Å². The Kier molecular flexibility index (Phi) is 4.56. The Hall–Kier alpha value is -0.420. The van der Waals surface area contributed by atoms with E-state index in [4.69, 9.17) is 5.11 Å². The second-order valence-electron chi connectivity index (χ2n) is 3.99. The van der Waals surface area contributed by atoms with Crippen LogP contribution in [0.1, 0.15) is 11.8 Å². The lowest BCUT2D eigenvalue weighted by Gasteiger charge is -2.17. The van der Waals surface area contributed by atoms with Gasteiger partial charge in [0.05, 0.1) is 6.61 Å². The van der Waals surface area contributed by atoms with Crippen molar-refractivity contribution in [2.45, 2.75) is 13.5 Å². The Labute approximate surface area is 114 Å². The number of likely N-dealkylation sites (N-methyl/N-ethyl adjacent to an activating group) is 1. The predicted molar refractivity (Wildman–Crippen MR) is 77.6 cm³/mol. The van der Waals surface area contributed by atoms with Crippen molar-refractivity contribution in [3.63, 3.8) is 0 Å². The van der Waals surface area contributed by atoms with E-state index in [-0.39, 0.29) is 6.61 Å². The van der Waals surface area contributed by atoms with E-state index in [1.807, 2.05) is 11.3 Å². The minimum absolute atomic E-state index is 0.226. The summed E-state index contributed by atoms with van der Waals surface area (Å²) in [5.74, 6) is 0. The monoisotopic (exact) mass is 313 g/mol. The van der Waals surface area contributed by atoms with Gasteiger partial charge in [-0.15, -0.1) is 11.3 Å². The van der Waals surface area contributed by atoms with Crippen LogP contribution in [0, 0.1) is 0 Å². The van der Waals surface area contributed by atoms with Gasteiger partial charge in [0.15, 0.2) is 0 Å². The first-order chi connectivity index (χ1) is 8.22. The highest BCUT2D eigenvalue weighted by Gasteiger charge is 2.06. The quantitative estimate of drug-likeness (QED) is 0.913. The molecule has 0 spiro atoms. The molecule has 0 saturated heterocycles. The van der Waals surface area contributed by atoms with Crippen molar-refractivity contribution in [1.82, 2.24) is 4.90 Å². The van der Waals surface area contributed by atoms with Crippen LogP contribution in [0.3, 0.4) is 0 Å². The molecule has 2 aromatic rings. The molecule has 92 valence electrons. The third-order valence-corrected chi connectivity index (χ3v) is 4.37. The molecule has 0 aliphatic heterocycles. The highest BCUT2D eigenvalue weighted by Crippen LogP contribution is 2.28. The smallest absolute Gasteiger partial charge is 0.0558 e. The number of benzene rings is 1. The molecule has 17 heavy (non-hydrogen) atoms. The van der Waals surface area contributed by atoms with Gasteiger partial charge in [-0.3, -0.25) is 4.90 Å². The van der Waals surface area contributed by atoms with Gasteiger partial charge in [-0.1, -0.05) is 22.9 Å². The topological polar surface area (TPSA) is 23.5 Å². The number of hydrogen-bond donors (Lipinski definition) is 1. The largest absolute Gasteiger partial charge is 0.395 e. The Morgan fingerprint density at radius 1 is 1.35 bits per heavy atom. The first-order valence-electron chi connectivity index (χ1n) is 5.74. The molecule has 0 bridgehead atoms. The van der Waals surface area contributed by atoms with Crippen LogP contribution >= 0.6 is 27.3 Å². The number of nitrogens with zero attached hydrogens (tertiary/aromatic N) is 1. The van der Waals surface area contributed by atoms with Gasteiger partial charge >= 0.3 is 0 Å². The molecule has 0 radical (unpaired) electrons. The third kappa shape index (κ3) is 3.28. The zero-order chi connectivity index (χ0) is 12.3. The number of aliphatic hydroxyl groups excluding tert-OH is 1. The van der Waals surface area contributed by atoms with Gasteiger partial charge in [0.2, 0.25) is 0 Å². The van der Waals surface area contributed by atoms with Crippen LogP contribution in [-0.2, 0) is 6.54 Å². The Balaban J connectivity index is 2.18. The summed E-state index contributed by atoms with van der Waals surface area (Å²) in [4.78, 5) is 3.60. The lowest BCUT2D eigenvalue weighted by Crippen LogP contribution is -2.25. The molecule has 1 aromatic heterocycles. The zero-order valence-corrected chi connectivity index (χ0v) is 12.2. The maximum Gasteiger partial charge on any atom is 0.0558 e. The van der Waals surface area contributed by atoms with Crippen LogP contribution in [-0.4, -0.2) is 29.7 Å². The van der Waals surface area contributed by atoms with E-state index in [2.05, 4.69) is 52.0 Å². The van der Waals surface area contributed by atoms with Crippen LogP contribution in [0.2, 0.25) is 0 Å². The van der Waals surface area contributed by atoms with Crippen molar-refractivity contribution in [2.24, 2.45) is 0 Å². The van der Waals surface area contributed by atoms with Gasteiger partial charge < -0.3 is 5.11 Å². The number of hydrogen-bond acceptors (Lipinski definition) is 3. The number of thiophene rings is 1. The molecular formula is C13H16BrNOS. The first-order valence-corrected chi connectivity index (χ1v) is 7.35.